The molecule has 2 aliphatic heterocycles. The third-order valence-corrected chi connectivity index (χ3v) is 7.90. The number of piperidine rings is 1. The van der Waals surface area contributed by atoms with Gasteiger partial charge in [0.15, 0.2) is 0 Å². The molecule has 2 aliphatic rings. The van der Waals surface area contributed by atoms with E-state index in [-0.39, 0.29) is 5.60 Å². The Morgan fingerprint density at radius 1 is 1.43 bits per heavy atom. The van der Waals surface area contributed by atoms with Crippen molar-refractivity contribution in [2.75, 3.05) is 31.7 Å². The van der Waals surface area contributed by atoms with Crippen molar-refractivity contribution in [1.82, 2.24) is 14.7 Å². The summed E-state index contributed by atoms with van der Waals surface area (Å²) in [5.74, 6) is 0.625. The monoisotopic (exact) mass is 443 g/mol. The largest absolute Gasteiger partial charge is 0.383 e. The average Bonchev–Trinajstić information content (AvgIpc) is 3.26. The second-order valence-corrected chi connectivity index (χ2v) is 11.3. The van der Waals surface area contributed by atoms with Crippen LogP contribution in [0.2, 0.25) is 4.34 Å². The molecule has 2 aromatic heterocycles. The Bertz CT molecular complexity index is 872. The van der Waals surface area contributed by atoms with Crippen LogP contribution in [0.3, 0.4) is 0 Å². The van der Waals surface area contributed by atoms with Crippen LogP contribution in [0.15, 0.2) is 18.5 Å². The number of halogens is 1. The molecule has 2 aromatic rings. The van der Waals surface area contributed by atoms with Gasteiger partial charge in [-0.2, -0.15) is 5.10 Å². The number of aryl methyl sites for hydroxylation is 1. The van der Waals surface area contributed by atoms with Gasteiger partial charge in [0.05, 0.1) is 23.7 Å². The van der Waals surface area contributed by atoms with Crippen LogP contribution in [0.25, 0.3) is 0 Å². The lowest BCUT2D eigenvalue weighted by atomic mass is 9.81. The van der Waals surface area contributed by atoms with Crippen molar-refractivity contribution in [2.45, 2.75) is 44.1 Å². The number of hydrogen-bond donors (Lipinski definition) is 1. The smallest absolute Gasteiger partial charge is 0.111 e. The minimum Gasteiger partial charge on any atom is -0.383 e. The molecule has 28 heavy (non-hydrogen) atoms. The Labute approximate surface area is 176 Å². The van der Waals surface area contributed by atoms with Gasteiger partial charge < -0.3 is 9.84 Å². The summed E-state index contributed by atoms with van der Waals surface area (Å²) < 4.78 is 20.1. The van der Waals surface area contributed by atoms with E-state index in [4.69, 9.17) is 16.3 Å². The van der Waals surface area contributed by atoms with Gasteiger partial charge in [0.2, 0.25) is 0 Å². The number of aromatic nitrogens is 2. The molecule has 9 heteroatoms. The van der Waals surface area contributed by atoms with Gasteiger partial charge in [0.1, 0.15) is 11.2 Å². The lowest BCUT2D eigenvalue weighted by Crippen LogP contribution is -2.49. The molecule has 6 nitrogen and oxygen atoms in total. The molecule has 1 N–H and O–H groups in total. The van der Waals surface area contributed by atoms with Crippen LogP contribution in [0.4, 0.5) is 0 Å². The maximum atomic E-state index is 11.2. The normalized spacial score (nSPS) is 25.7. The molecular formula is C19H26ClN3O3S2. The minimum absolute atomic E-state index is 0.304. The summed E-state index contributed by atoms with van der Waals surface area (Å²) in [7, 11) is -0.803. The number of hydrogen-bond acceptors (Lipinski definition) is 6. The van der Waals surface area contributed by atoms with Crippen LogP contribution in [0, 0.1) is 0 Å². The molecule has 4 heterocycles. The van der Waals surface area contributed by atoms with Gasteiger partial charge in [-0.05, 0) is 25.8 Å². The van der Waals surface area contributed by atoms with Crippen molar-refractivity contribution >= 4 is 33.7 Å². The Kier molecular flexibility index (Phi) is 5.72. The maximum absolute atomic E-state index is 11.2. The summed E-state index contributed by atoms with van der Waals surface area (Å²) in [6.07, 6.45) is 7.43. The zero-order valence-electron chi connectivity index (χ0n) is 16.2. The van der Waals surface area contributed by atoms with Crippen molar-refractivity contribution in [1.29, 1.82) is 0 Å². The standard InChI is InChI=1S/C19H26ClN3O3S2/c1-18(24)13-26-19(17-15(18)9-16(20)27-17)3-5-22(6-4-19)11-14-10-21-23(12-14)7-8-28(2)25/h9-10,12,24H,3-8,11,13H2,1-2H3. The molecule has 0 radical (unpaired) electrons. The number of likely N-dealkylation sites (tertiary alicyclic amines) is 1. The Morgan fingerprint density at radius 2 is 2.18 bits per heavy atom. The van der Waals surface area contributed by atoms with Gasteiger partial charge in [-0.25, -0.2) is 0 Å². The first-order chi connectivity index (χ1) is 13.3. The van der Waals surface area contributed by atoms with Crippen LogP contribution < -0.4 is 0 Å². The third-order valence-electron chi connectivity index (χ3n) is 5.69. The van der Waals surface area contributed by atoms with E-state index in [1.54, 1.807) is 13.2 Å². The van der Waals surface area contributed by atoms with Crippen LogP contribution >= 0.6 is 22.9 Å². The Morgan fingerprint density at radius 3 is 2.89 bits per heavy atom. The highest BCUT2D eigenvalue weighted by Crippen LogP contribution is 2.50. The van der Waals surface area contributed by atoms with E-state index < -0.39 is 16.4 Å². The van der Waals surface area contributed by atoms with Crippen LogP contribution in [0.1, 0.15) is 35.8 Å². The third kappa shape index (κ3) is 4.08. The molecule has 0 bridgehead atoms. The molecule has 1 spiro atoms. The first kappa shape index (κ1) is 20.5. The van der Waals surface area contributed by atoms with Crippen molar-refractivity contribution in [3.63, 3.8) is 0 Å². The number of nitrogens with zero attached hydrogens (tertiary/aromatic N) is 3. The minimum atomic E-state index is -0.974. The predicted octanol–water partition coefficient (Wildman–Crippen LogP) is 2.71. The summed E-state index contributed by atoms with van der Waals surface area (Å²) in [5, 5.41) is 15.0. The Balaban J connectivity index is 1.40. The van der Waals surface area contributed by atoms with E-state index >= 15 is 0 Å². The van der Waals surface area contributed by atoms with Crippen LogP contribution in [-0.2, 0) is 39.8 Å². The zero-order valence-corrected chi connectivity index (χ0v) is 18.6. The summed E-state index contributed by atoms with van der Waals surface area (Å²) in [4.78, 5) is 3.50. The highest BCUT2D eigenvalue weighted by Gasteiger charge is 2.48. The summed E-state index contributed by atoms with van der Waals surface area (Å²) in [6.45, 7) is 5.47. The lowest BCUT2D eigenvalue weighted by molar-refractivity contribution is -0.159. The summed E-state index contributed by atoms with van der Waals surface area (Å²) in [5.41, 5.74) is 0.793. The first-order valence-electron chi connectivity index (χ1n) is 9.48. The van der Waals surface area contributed by atoms with Gasteiger partial charge >= 0.3 is 0 Å². The second kappa shape index (κ2) is 7.81. The highest BCUT2D eigenvalue weighted by molar-refractivity contribution is 7.84. The van der Waals surface area contributed by atoms with E-state index in [0.717, 1.165) is 42.9 Å². The number of ether oxygens (including phenoxy) is 1. The van der Waals surface area contributed by atoms with Crippen molar-refractivity contribution in [3.8, 4) is 0 Å². The molecule has 0 aliphatic carbocycles. The van der Waals surface area contributed by atoms with E-state index in [1.165, 1.54) is 16.9 Å². The van der Waals surface area contributed by atoms with E-state index in [0.29, 0.717) is 23.2 Å². The van der Waals surface area contributed by atoms with E-state index in [9.17, 15) is 9.32 Å². The van der Waals surface area contributed by atoms with Crippen molar-refractivity contribution in [2.24, 2.45) is 0 Å². The molecule has 2 unspecified atom stereocenters. The van der Waals surface area contributed by atoms with Crippen molar-refractivity contribution < 1.29 is 14.1 Å². The first-order valence-corrected chi connectivity index (χ1v) is 12.4. The Hall–Kier alpha value is -0.770. The number of fused-ring (bicyclic) bond motifs is 2. The molecule has 0 amide bonds. The number of rotatable bonds is 5. The van der Waals surface area contributed by atoms with E-state index in [2.05, 4.69) is 10.00 Å². The quantitative estimate of drug-likeness (QED) is 0.769. The second-order valence-electron chi connectivity index (χ2n) is 8.02. The molecule has 4 rings (SSSR count). The zero-order chi connectivity index (χ0) is 19.9. The van der Waals surface area contributed by atoms with Gasteiger partial charge in [-0.15, -0.1) is 11.3 Å². The fraction of sp³-hybridized carbons (Fsp3) is 0.632. The molecule has 0 saturated carbocycles. The SMILES string of the molecule is CS(=O)CCn1cc(CN2CCC3(CC2)OCC(C)(O)c2cc(Cl)sc23)cn1. The molecular weight excluding hydrogens is 418 g/mol. The number of thiophene rings is 1. The molecule has 154 valence electrons. The fourth-order valence-corrected chi connectivity index (χ4v) is 6.05. The number of aliphatic hydroxyl groups is 1. The summed E-state index contributed by atoms with van der Waals surface area (Å²) >= 11 is 7.81. The highest BCUT2D eigenvalue weighted by atomic mass is 35.5. The van der Waals surface area contributed by atoms with Crippen LogP contribution in [0.5, 0.6) is 0 Å². The molecule has 1 fully saturated rings. The molecule has 0 aromatic carbocycles. The maximum Gasteiger partial charge on any atom is 0.111 e. The van der Waals surface area contributed by atoms with Gasteiger partial charge in [-0.1, -0.05) is 11.6 Å². The molecule has 1 saturated heterocycles. The average molecular weight is 444 g/mol. The summed E-state index contributed by atoms with van der Waals surface area (Å²) in [6, 6.07) is 1.90. The van der Waals surface area contributed by atoms with Crippen molar-refractivity contribution in [3.05, 3.63) is 38.8 Å². The predicted molar refractivity (Wildman–Crippen MR) is 112 cm³/mol. The fourth-order valence-electron chi connectivity index (χ4n) is 4.06. The van der Waals surface area contributed by atoms with Crippen LogP contribution in [-0.4, -0.2) is 55.7 Å². The lowest BCUT2D eigenvalue weighted by Gasteiger charge is -2.46. The molecule has 2 atom stereocenters. The topological polar surface area (TPSA) is 67.6 Å². The van der Waals surface area contributed by atoms with Gasteiger partial charge in [0.25, 0.3) is 0 Å². The van der Waals surface area contributed by atoms with Gasteiger partial charge in [0, 0.05) is 64.6 Å². The van der Waals surface area contributed by atoms with Gasteiger partial charge in [-0.3, -0.25) is 13.8 Å². The van der Waals surface area contributed by atoms with E-state index in [1.807, 2.05) is 23.1 Å².